The fraction of sp³-hybridized carbons (Fsp3) is 0.800. The lowest BCUT2D eigenvalue weighted by atomic mass is 10.1. The van der Waals surface area contributed by atoms with E-state index in [2.05, 4.69) is 11.0 Å². The summed E-state index contributed by atoms with van der Waals surface area (Å²) in [5.41, 5.74) is 1.58. The van der Waals surface area contributed by atoms with Crippen LogP contribution in [0.4, 0.5) is 0 Å². The number of hydrogen-bond acceptors (Lipinski definition) is 2. The molecule has 68 valence electrons. The number of methoxy groups -OCH3 is 1. The van der Waals surface area contributed by atoms with E-state index >= 15 is 0 Å². The van der Waals surface area contributed by atoms with Crippen molar-refractivity contribution < 1.29 is 4.74 Å². The summed E-state index contributed by atoms with van der Waals surface area (Å²) in [5.74, 6) is 0. The average molecular weight is 167 g/mol. The van der Waals surface area contributed by atoms with E-state index in [4.69, 9.17) is 4.74 Å². The minimum Gasteiger partial charge on any atom is -0.381 e. The van der Waals surface area contributed by atoms with E-state index in [1.807, 2.05) is 0 Å². The van der Waals surface area contributed by atoms with Gasteiger partial charge in [0.15, 0.2) is 0 Å². The zero-order valence-electron chi connectivity index (χ0n) is 7.75. The minimum atomic E-state index is 0.788. The van der Waals surface area contributed by atoms with Crippen molar-refractivity contribution >= 4 is 0 Å². The van der Waals surface area contributed by atoms with Crippen molar-refractivity contribution in [3.05, 3.63) is 11.6 Å². The molecule has 0 aromatic carbocycles. The molecule has 2 fully saturated rings. The molecule has 2 saturated heterocycles. The Morgan fingerprint density at radius 2 is 2.58 bits per heavy atom. The topological polar surface area (TPSA) is 12.5 Å². The molecule has 2 nitrogen and oxygen atoms in total. The highest BCUT2D eigenvalue weighted by atomic mass is 16.5. The molecule has 0 spiro atoms. The number of nitrogens with zero attached hydrogens (tertiary/aromatic N) is 1. The van der Waals surface area contributed by atoms with Crippen LogP contribution in [0, 0.1) is 0 Å². The maximum absolute atomic E-state index is 5.03. The van der Waals surface area contributed by atoms with E-state index in [9.17, 15) is 0 Å². The quantitative estimate of drug-likeness (QED) is 0.577. The van der Waals surface area contributed by atoms with Crippen molar-refractivity contribution in [2.24, 2.45) is 0 Å². The van der Waals surface area contributed by atoms with Crippen molar-refractivity contribution in [1.82, 2.24) is 4.90 Å². The Morgan fingerprint density at radius 3 is 3.33 bits per heavy atom. The average Bonchev–Trinajstić information content (AvgIpc) is 2.58. The van der Waals surface area contributed by atoms with Crippen LogP contribution >= 0.6 is 0 Å². The number of hydrogen-bond donors (Lipinski definition) is 0. The number of fused-ring (bicyclic) bond motifs is 1. The van der Waals surface area contributed by atoms with Gasteiger partial charge in [-0.05, 0) is 25.8 Å². The standard InChI is InChI=1S/C10H17NO/c1-12-6-4-9-7-10-3-2-5-11(10)8-9/h4,10H,2-3,5-8H2,1H3/b9-4-/t10-/m0/s1. The maximum Gasteiger partial charge on any atom is 0.0646 e. The lowest BCUT2D eigenvalue weighted by molar-refractivity contribution is 0.233. The van der Waals surface area contributed by atoms with E-state index in [0.29, 0.717) is 0 Å². The summed E-state index contributed by atoms with van der Waals surface area (Å²) < 4.78 is 5.03. The largest absolute Gasteiger partial charge is 0.381 e. The van der Waals surface area contributed by atoms with Gasteiger partial charge in [0.05, 0.1) is 6.61 Å². The molecule has 0 amide bonds. The predicted octanol–water partition coefficient (Wildman–Crippen LogP) is 1.43. The first kappa shape index (κ1) is 8.27. The Hall–Kier alpha value is -0.340. The molecule has 2 heterocycles. The fourth-order valence-electron chi connectivity index (χ4n) is 2.31. The molecule has 2 heteroatoms. The molecule has 0 saturated carbocycles. The van der Waals surface area contributed by atoms with Crippen LogP contribution in [0.2, 0.25) is 0 Å². The van der Waals surface area contributed by atoms with Gasteiger partial charge in [-0.3, -0.25) is 4.90 Å². The van der Waals surface area contributed by atoms with Crippen LogP contribution in [0.1, 0.15) is 19.3 Å². The maximum atomic E-state index is 5.03. The van der Waals surface area contributed by atoms with Crippen LogP contribution < -0.4 is 0 Å². The van der Waals surface area contributed by atoms with Crippen LogP contribution in [-0.2, 0) is 4.74 Å². The predicted molar refractivity (Wildman–Crippen MR) is 49.2 cm³/mol. The zero-order chi connectivity index (χ0) is 8.39. The SMILES string of the molecule is COC/C=C1/C[C@@H]2CCCN2C1. The molecule has 2 aliphatic rings. The summed E-state index contributed by atoms with van der Waals surface area (Å²) in [7, 11) is 1.76. The molecule has 0 N–H and O–H groups in total. The van der Waals surface area contributed by atoms with Crippen molar-refractivity contribution in [3.8, 4) is 0 Å². The van der Waals surface area contributed by atoms with Gasteiger partial charge in [-0.25, -0.2) is 0 Å². The molecule has 0 unspecified atom stereocenters. The molecule has 2 rings (SSSR count). The van der Waals surface area contributed by atoms with Gasteiger partial charge in [0, 0.05) is 19.7 Å². The number of ether oxygens (including phenoxy) is 1. The van der Waals surface area contributed by atoms with E-state index in [1.165, 1.54) is 32.4 Å². The lowest BCUT2D eigenvalue weighted by Gasteiger charge is -2.11. The molecular weight excluding hydrogens is 150 g/mol. The first-order valence-corrected chi connectivity index (χ1v) is 4.81. The van der Waals surface area contributed by atoms with Gasteiger partial charge >= 0.3 is 0 Å². The first-order valence-electron chi connectivity index (χ1n) is 4.81. The molecular formula is C10H17NO. The molecule has 12 heavy (non-hydrogen) atoms. The molecule has 2 aliphatic heterocycles. The molecule has 0 bridgehead atoms. The van der Waals surface area contributed by atoms with E-state index in [0.717, 1.165) is 12.6 Å². The van der Waals surface area contributed by atoms with Gasteiger partial charge < -0.3 is 4.74 Å². The molecule has 0 aromatic rings. The third-order valence-electron chi connectivity index (χ3n) is 2.94. The fourth-order valence-corrected chi connectivity index (χ4v) is 2.31. The highest BCUT2D eigenvalue weighted by Gasteiger charge is 2.31. The second-order valence-electron chi connectivity index (χ2n) is 3.79. The number of rotatable bonds is 2. The van der Waals surface area contributed by atoms with Gasteiger partial charge in [0.2, 0.25) is 0 Å². The van der Waals surface area contributed by atoms with Gasteiger partial charge in [-0.2, -0.15) is 0 Å². The van der Waals surface area contributed by atoms with Crippen LogP contribution in [0.15, 0.2) is 11.6 Å². The Morgan fingerprint density at radius 1 is 1.67 bits per heavy atom. The van der Waals surface area contributed by atoms with E-state index < -0.39 is 0 Å². The smallest absolute Gasteiger partial charge is 0.0646 e. The van der Waals surface area contributed by atoms with Crippen LogP contribution in [-0.4, -0.2) is 37.7 Å². The Kier molecular flexibility index (Phi) is 2.47. The molecule has 1 atom stereocenters. The van der Waals surface area contributed by atoms with Crippen molar-refractivity contribution in [1.29, 1.82) is 0 Å². The third-order valence-corrected chi connectivity index (χ3v) is 2.94. The Labute approximate surface area is 74.2 Å². The Bertz CT molecular complexity index is 174. The second-order valence-corrected chi connectivity index (χ2v) is 3.79. The van der Waals surface area contributed by atoms with Crippen molar-refractivity contribution in [2.45, 2.75) is 25.3 Å². The molecule has 0 radical (unpaired) electrons. The van der Waals surface area contributed by atoms with Crippen molar-refractivity contribution in [3.63, 3.8) is 0 Å². The van der Waals surface area contributed by atoms with Gasteiger partial charge in [-0.1, -0.05) is 11.6 Å². The van der Waals surface area contributed by atoms with Crippen LogP contribution in [0.5, 0.6) is 0 Å². The van der Waals surface area contributed by atoms with E-state index in [-0.39, 0.29) is 0 Å². The van der Waals surface area contributed by atoms with E-state index in [1.54, 1.807) is 12.7 Å². The summed E-state index contributed by atoms with van der Waals surface area (Å²) >= 11 is 0. The molecule has 0 aliphatic carbocycles. The highest BCUT2D eigenvalue weighted by Crippen LogP contribution is 2.30. The first-order chi connectivity index (χ1) is 5.90. The lowest BCUT2D eigenvalue weighted by Crippen LogP contribution is -2.21. The summed E-state index contributed by atoms with van der Waals surface area (Å²) in [4.78, 5) is 2.60. The van der Waals surface area contributed by atoms with Gasteiger partial charge in [0.1, 0.15) is 0 Å². The second kappa shape index (κ2) is 3.58. The van der Waals surface area contributed by atoms with Crippen LogP contribution in [0.3, 0.4) is 0 Å². The summed E-state index contributed by atoms with van der Waals surface area (Å²) in [6.07, 6.45) is 6.36. The van der Waals surface area contributed by atoms with Gasteiger partial charge in [0.25, 0.3) is 0 Å². The zero-order valence-corrected chi connectivity index (χ0v) is 7.75. The normalized spacial score (nSPS) is 33.1. The summed E-state index contributed by atoms with van der Waals surface area (Å²) in [6, 6.07) is 0.869. The highest BCUT2D eigenvalue weighted by molar-refractivity contribution is 5.14. The van der Waals surface area contributed by atoms with Crippen molar-refractivity contribution in [2.75, 3.05) is 26.8 Å². The summed E-state index contributed by atoms with van der Waals surface area (Å²) in [6.45, 7) is 3.30. The summed E-state index contributed by atoms with van der Waals surface area (Å²) in [5, 5.41) is 0. The van der Waals surface area contributed by atoms with Gasteiger partial charge in [-0.15, -0.1) is 0 Å². The molecule has 0 aromatic heterocycles. The monoisotopic (exact) mass is 167 g/mol. The Balaban J connectivity index is 1.90. The van der Waals surface area contributed by atoms with Crippen LogP contribution in [0.25, 0.3) is 0 Å². The minimum absolute atomic E-state index is 0.788. The third kappa shape index (κ3) is 1.54.